The fourth-order valence-corrected chi connectivity index (χ4v) is 3.08. The van der Waals surface area contributed by atoms with Crippen molar-refractivity contribution in [2.75, 3.05) is 0 Å². The molecular weight excluding hydrogens is 310 g/mol. The van der Waals surface area contributed by atoms with Crippen molar-refractivity contribution in [3.05, 3.63) is 59.5 Å². The van der Waals surface area contributed by atoms with Crippen molar-refractivity contribution < 1.29 is 8.78 Å². The molecule has 0 N–H and O–H groups in total. The van der Waals surface area contributed by atoms with Crippen LogP contribution in [0.1, 0.15) is 42.8 Å². The Balaban J connectivity index is 1.93. The number of imidazole rings is 2. The van der Waals surface area contributed by atoms with Crippen molar-refractivity contribution in [2.45, 2.75) is 52.4 Å². The van der Waals surface area contributed by atoms with Crippen LogP contribution < -0.4 is 0 Å². The molecule has 0 saturated carbocycles. The van der Waals surface area contributed by atoms with Gasteiger partial charge in [-0.3, -0.25) is 0 Å². The van der Waals surface area contributed by atoms with E-state index in [2.05, 4.69) is 21.5 Å². The summed E-state index contributed by atoms with van der Waals surface area (Å²) in [5.74, 6) is 0.756. The van der Waals surface area contributed by atoms with Crippen LogP contribution in [0.15, 0.2) is 36.4 Å². The molecule has 0 aliphatic heterocycles. The lowest BCUT2D eigenvalue weighted by Gasteiger charge is -2.23. The van der Waals surface area contributed by atoms with Gasteiger partial charge in [0.25, 0.3) is 0 Å². The molecule has 0 radical (unpaired) electrons. The maximum Gasteiger partial charge on any atom is 0.190 e. The van der Waals surface area contributed by atoms with Gasteiger partial charge in [0.15, 0.2) is 11.5 Å². The minimum absolute atomic E-state index is 0.0478. The molecule has 0 aromatic carbocycles. The molecule has 0 saturated heterocycles. The van der Waals surface area contributed by atoms with Gasteiger partial charge in [0.05, 0.1) is 12.2 Å². The third-order valence-electron chi connectivity index (χ3n) is 4.48. The molecule has 4 nitrogen and oxygen atoms in total. The second-order valence-electron chi connectivity index (χ2n) is 6.22. The number of alkyl halides is 1. The number of allylic oxidation sites excluding steroid dienone is 4. The van der Waals surface area contributed by atoms with Gasteiger partial charge in [0, 0.05) is 31.1 Å². The van der Waals surface area contributed by atoms with Crippen LogP contribution in [0.2, 0.25) is 0 Å². The maximum absolute atomic E-state index is 15.2. The van der Waals surface area contributed by atoms with Crippen LogP contribution in [0, 0.1) is 13.8 Å². The van der Waals surface area contributed by atoms with Crippen LogP contribution in [0.3, 0.4) is 0 Å². The number of aromatic nitrogens is 4. The first kappa shape index (κ1) is 16.6. The summed E-state index contributed by atoms with van der Waals surface area (Å²) in [4.78, 5) is 8.81. The number of rotatable bonds is 5. The molecule has 2 aromatic heterocycles. The summed E-state index contributed by atoms with van der Waals surface area (Å²) in [6, 6.07) is 0. The van der Waals surface area contributed by atoms with Gasteiger partial charge in [-0.1, -0.05) is 6.92 Å². The van der Waals surface area contributed by atoms with E-state index in [1.807, 2.05) is 13.8 Å². The molecule has 6 heteroatoms. The Kier molecular flexibility index (Phi) is 4.39. The molecule has 1 atom stereocenters. The predicted molar refractivity (Wildman–Crippen MR) is 89.1 cm³/mol. The molecule has 1 aliphatic rings. The van der Waals surface area contributed by atoms with Gasteiger partial charge in [-0.05, 0) is 38.5 Å². The Hall–Kier alpha value is -2.24. The number of hydrogen-bond donors (Lipinski definition) is 0. The van der Waals surface area contributed by atoms with Crippen molar-refractivity contribution in [3.63, 3.8) is 0 Å². The van der Waals surface area contributed by atoms with E-state index in [0.29, 0.717) is 6.54 Å². The Morgan fingerprint density at radius 2 is 2.12 bits per heavy atom. The summed E-state index contributed by atoms with van der Waals surface area (Å²) in [7, 11) is 0. The molecule has 0 amide bonds. The van der Waals surface area contributed by atoms with Gasteiger partial charge in [0.1, 0.15) is 11.7 Å². The van der Waals surface area contributed by atoms with Crippen molar-refractivity contribution >= 4 is 0 Å². The van der Waals surface area contributed by atoms with Crippen LogP contribution in [0.4, 0.5) is 8.78 Å². The van der Waals surface area contributed by atoms with Crippen LogP contribution in [-0.2, 0) is 18.8 Å². The molecule has 0 spiro atoms. The second kappa shape index (κ2) is 6.34. The SMILES string of the molecule is CCCn1c(Cn2ccnc2C2(F)C=CC(F)=CC2)nc(C)c1C. The Bertz CT molecular complexity index is 800. The summed E-state index contributed by atoms with van der Waals surface area (Å²) in [5.41, 5.74) is 0.328. The van der Waals surface area contributed by atoms with Gasteiger partial charge in [-0.25, -0.2) is 18.7 Å². The van der Waals surface area contributed by atoms with Gasteiger partial charge in [-0.2, -0.15) is 0 Å². The first-order chi connectivity index (χ1) is 11.4. The van der Waals surface area contributed by atoms with E-state index in [0.717, 1.165) is 36.3 Å². The van der Waals surface area contributed by atoms with Crippen LogP contribution in [0.5, 0.6) is 0 Å². The van der Waals surface area contributed by atoms with E-state index in [-0.39, 0.29) is 12.2 Å². The predicted octanol–water partition coefficient (Wildman–Crippen LogP) is 4.13. The average molecular weight is 332 g/mol. The lowest BCUT2D eigenvalue weighted by Crippen LogP contribution is -2.24. The smallest absolute Gasteiger partial charge is 0.190 e. The van der Waals surface area contributed by atoms with Crippen LogP contribution in [-0.4, -0.2) is 19.1 Å². The molecule has 128 valence electrons. The summed E-state index contributed by atoms with van der Waals surface area (Å²) in [6.45, 7) is 7.46. The van der Waals surface area contributed by atoms with E-state index >= 15 is 4.39 Å². The largest absolute Gasteiger partial charge is 0.331 e. The molecule has 0 bridgehead atoms. The molecule has 1 unspecified atom stereocenters. The topological polar surface area (TPSA) is 35.6 Å². The zero-order valence-electron chi connectivity index (χ0n) is 14.3. The van der Waals surface area contributed by atoms with Gasteiger partial charge < -0.3 is 9.13 Å². The van der Waals surface area contributed by atoms with Gasteiger partial charge in [0.2, 0.25) is 0 Å². The van der Waals surface area contributed by atoms with E-state index in [1.165, 1.54) is 12.2 Å². The minimum Gasteiger partial charge on any atom is -0.331 e. The fourth-order valence-electron chi connectivity index (χ4n) is 3.08. The van der Waals surface area contributed by atoms with E-state index < -0.39 is 11.5 Å². The highest BCUT2D eigenvalue weighted by molar-refractivity contribution is 5.28. The highest BCUT2D eigenvalue weighted by Crippen LogP contribution is 2.35. The number of aryl methyl sites for hydroxylation is 1. The summed E-state index contributed by atoms with van der Waals surface area (Å²) >= 11 is 0. The van der Waals surface area contributed by atoms with Crippen molar-refractivity contribution in [1.29, 1.82) is 0 Å². The summed E-state index contributed by atoms with van der Waals surface area (Å²) in [5, 5.41) is 0. The fraction of sp³-hybridized carbons (Fsp3) is 0.444. The Morgan fingerprint density at radius 1 is 1.33 bits per heavy atom. The molecule has 3 rings (SSSR count). The molecule has 2 heterocycles. The zero-order valence-corrected chi connectivity index (χ0v) is 14.3. The first-order valence-corrected chi connectivity index (χ1v) is 8.22. The van der Waals surface area contributed by atoms with E-state index in [4.69, 9.17) is 0 Å². The second-order valence-corrected chi connectivity index (χ2v) is 6.22. The van der Waals surface area contributed by atoms with Gasteiger partial charge in [-0.15, -0.1) is 0 Å². The maximum atomic E-state index is 15.2. The normalized spacial score (nSPS) is 20.5. The number of nitrogens with zero attached hydrogens (tertiary/aromatic N) is 4. The lowest BCUT2D eigenvalue weighted by atomic mass is 9.96. The highest BCUT2D eigenvalue weighted by atomic mass is 19.1. The van der Waals surface area contributed by atoms with Crippen LogP contribution in [0.25, 0.3) is 0 Å². The quantitative estimate of drug-likeness (QED) is 0.825. The third kappa shape index (κ3) is 2.92. The van der Waals surface area contributed by atoms with Gasteiger partial charge >= 0.3 is 0 Å². The molecule has 1 aliphatic carbocycles. The van der Waals surface area contributed by atoms with E-state index in [9.17, 15) is 4.39 Å². The summed E-state index contributed by atoms with van der Waals surface area (Å²) < 4.78 is 32.3. The molecule has 2 aromatic rings. The van der Waals surface area contributed by atoms with Crippen LogP contribution >= 0.6 is 0 Å². The Morgan fingerprint density at radius 3 is 2.79 bits per heavy atom. The number of hydrogen-bond acceptors (Lipinski definition) is 2. The third-order valence-corrected chi connectivity index (χ3v) is 4.48. The zero-order chi connectivity index (χ0) is 17.3. The minimum atomic E-state index is -1.79. The lowest BCUT2D eigenvalue weighted by molar-refractivity contribution is 0.211. The monoisotopic (exact) mass is 332 g/mol. The summed E-state index contributed by atoms with van der Waals surface area (Å²) in [6.07, 6.45) is 7.94. The van der Waals surface area contributed by atoms with E-state index in [1.54, 1.807) is 17.0 Å². The molecular formula is C18H22F2N4. The average Bonchev–Trinajstić information content (AvgIpc) is 3.12. The highest BCUT2D eigenvalue weighted by Gasteiger charge is 2.35. The standard InChI is InChI=1S/C18H22F2N4/c1-4-10-24-14(3)13(2)22-16(24)12-23-11-9-21-17(23)18(20)7-5-15(19)6-8-18/h5-7,9,11H,4,8,10,12H2,1-3H3. The first-order valence-electron chi connectivity index (χ1n) is 8.22. The molecule has 0 fully saturated rings. The Labute approximate surface area is 140 Å². The van der Waals surface area contributed by atoms with Crippen molar-refractivity contribution in [3.8, 4) is 0 Å². The number of halogens is 2. The molecule has 24 heavy (non-hydrogen) atoms. The van der Waals surface area contributed by atoms with Crippen molar-refractivity contribution in [1.82, 2.24) is 19.1 Å². The van der Waals surface area contributed by atoms with Crippen molar-refractivity contribution in [2.24, 2.45) is 0 Å².